The Kier molecular flexibility index (Phi) is 3.70. The van der Waals surface area contributed by atoms with Gasteiger partial charge in [0.1, 0.15) is 16.2 Å². The van der Waals surface area contributed by atoms with Crippen molar-refractivity contribution in [3.63, 3.8) is 0 Å². The molecule has 0 bridgehead atoms. The highest BCUT2D eigenvalue weighted by Gasteiger charge is 2.14. The van der Waals surface area contributed by atoms with Crippen LogP contribution in [0.4, 0.5) is 0 Å². The maximum absolute atomic E-state index is 6.00. The van der Waals surface area contributed by atoms with Gasteiger partial charge in [0.2, 0.25) is 0 Å². The van der Waals surface area contributed by atoms with Crippen molar-refractivity contribution in [1.29, 1.82) is 0 Å². The Bertz CT molecular complexity index is 514. The van der Waals surface area contributed by atoms with Crippen molar-refractivity contribution in [3.05, 3.63) is 17.3 Å². The minimum Gasteiger partial charge on any atom is -0.325 e. The van der Waals surface area contributed by atoms with Gasteiger partial charge in [0.25, 0.3) is 0 Å². The van der Waals surface area contributed by atoms with Crippen molar-refractivity contribution in [2.24, 2.45) is 5.73 Å². The zero-order valence-electron chi connectivity index (χ0n) is 10.4. The molecule has 0 radical (unpaired) electrons. The Hall–Kier alpha value is -0.650. The summed E-state index contributed by atoms with van der Waals surface area (Å²) in [5.74, 6) is 0.858. The molecule has 0 aliphatic carbocycles. The molecule has 2 heterocycles. The number of aryl methyl sites for hydroxylation is 1. The van der Waals surface area contributed by atoms with Crippen molar-refractivity contribution in [1.82, 2.24) is 9.97 Å². The lowest BCUT2D eigenvalue weighted by atomic mass is 10.1. The Balaban J connectivity index is 2.30. The Morgan fingerprint density at radius 2 is 2.18 bits per heavy atom. The first-order chi connectivity index (χ1) is 7.99. The number of nitrogens with zero attached hydrogens (tertiary/aromatic N) is 2. The van der Waals surface area contributed by atoms with Crippen LogP contribution in [-0.4, -0.2) is 21.3 Å². The van der Waals surface area contributed by atoms with Crippen LogP contribution in [-0.2, 0) is 6.42 Å². The van der Waals surface area contributed by atoms with E-state index >= 15 is 0 Å². The number of fused-ring (bicyclic) bond motifs is 1. The molecule has 0 atom stereocenters. The minimum absolute atomic E-state index is 0.175. The van der Waals surface area contributed by atoms with Crippen molar-refractivity contribution in [2.45, 2.75) is 37.8 Å². The molecular weight excluding hydrogens is 250 g/mol. The molecule has 2 aromatic heterocycles. The number of aromatic nitrogens is 2. The van der Waals surface area contributed by atoms with E-state index in [1.165, 1.54) is 10.3 Å². The van der Waals surface area contributed by atoms with E-state index < -0.39 is 0 Å². The second-order valence-electron chi connectivity index (χ2n) is 4.74. The maximum Gasteiger partial charge on any atom is 0.128 e. The SMILES string of the molecule is CCc1cc2c(SCC(C)(C)N)ncnc2s1. The molecule has 0 saturated carbocycles. The predicted molar refractivity (Wildman–Crippen MR) is 75.8 cm³/mol. The Labute approximate surface area is 110 Å². The van der Waals surface area contributed by atoms with Crippen molar-refractivity contribution < 1.29 is 0 Å². The molecule has 0 aromatic carbocycles. The van der Waals surface area contributed by atoms with Gasteiger partial charge in [-0.15, -0.1) is 23.1 Å². The van der Waals surface area contributed by atoms with Gasteiger partial charge < -0.3 is 5.73 Å². The lowest BCUT2D eigenvalue weighted by Crippen LogP contribution is -2.34. The van der Waals surface area contributed by atoms with E-state index in [-0.39, 0.29) is 5.54 Å². The van der Waals surface area contributed by atoms with Crippen LogP contribution >= 0.6 is 23.1 Å². The zero-order chi connectivity index (χ0) is 12.5. The second kappa shape index (κ2) is 4.92. The van der Waals surface area contributed by atoms with Gasteiger partial charge >= 0.3 is 0 Å². The van der Waals surface area contributed by atoms with Crippen molar-refractivity contribution in [3.8, 4) is 0 Å². The van der Waals surface area contributed by atoms with E-state index in [2.05, 4.69) is 23.0 Å². The molecule has 3 nitrogen and oxygen atoms in total. The van der Waals surface area contributed by atoms with Crippen LogP contribution in [0.15, 0.2) is 17.4 Å². The summed E-state index contributed by atoms with van der Waals surface area (Å²) in [6.07, 6.45) is 2.69. The average Bonchev–Trinajstić information content (AvgIpc) is 2.68. The number of hydrogen-bond acceptors (Lipinski definition) is 5. The molecule has 17 heavy (non-hydrogen) atoms. The summed E-state index contributed by atoms with van der Waals surface area (Å²) in [5, 5.41) is 2.22. The van der Waals surface area contributed by atoms with Crippen LogP contribution in [0.1, 0.15) is 25.6 Å². The van der Waals surface area contributed by atoms with Gasteiger partial charge in [-0.2, -0.15) is 0 Å². The van der Waals surface area contributed by atoms with E-state index in [1.54, 1.807) is 29.4 Å². The summed E-state index contributed by atoms with van der Waals surface area (Å²) in [7, 11) is 0. The third-order valence-corrected chi connectivity index (χ3v) is 4.95. The molecule has 92 valence electrons. The molecule has 0 fully saturated rings. The van der Waals surface area contributed by atoms with Gasteiger partial charge in [0.15, 0.2) is 0 Å². The fourth-order valence-corrected chi connectivity index (χ4v) is 3.37. The summed E-state index contributed by atoms with van der Waals surface area (Å²) in [6, 6.07) is 2.20. The first kappa shape index (κ1) is 12.8. The summed E-state index contributed by atoms with van der Waals surface area (Å²) in [6.45, 7) is 6.22. The van der Waals surface area contributed by atoms with Crippen LogP contribution in [0.3, 0.4) is 0 Å². The van der Waals surface area contributed by atoms with Gasteiger partial charge in [0.05, 0.1) is 0 Å². The van der Waals surface area contributed by atoms with E-state index in [4.69, 9.17) is 5.73 Å². The summed E-state index contributed by atoms with van der Waals surface area (Å²) in [4.78, 5) is 11.1. The molecule has 0 aliphatic rings. The average molecular weight is 267 g/mol. The molecule has 0 saturated heterocycles. The lowest BCUT2D eigenvalue weighted by Gasteiger charge is -2.17. The maximum atomic E-state index is 6.00. The van der Waals surface area contributed by atoms with Crippen LogP contribution < -0.4 is 5.73 Å². The largest absolute Gasteiger partial charge is 0.325 e. The van der Waals surface area contributed by atoms with Crippen LogP contribution in [0.25, 0.3) is 10.2 Å². The van der Waals surface area contributed by atoms with Crippen LogP contribution in [0.2, 0.25) is 0 Å². The van der Waals surface area contributed by atoms with Gasteiger partial charge in [-0.3, -0.25) is 0 Å². The number of rotatable bonds is 4. The van der Waals surface area contributed by atoms with Crippen LogP contribution in [0, 0.1) is 0 Å². The third-order valence-electron chi connectivity index (χ3n) is 2.27. The van der Waals surface area contributed by atoms with Crippen molar-refractivity contribution in [2.75, 3.05) is 5.75 Å². The van der Waals surface area contributed by atoms with Gasteiger partial charge in [-0.1, -0.05) is 6.92 Å². The predicted octanol–water partition coefficient (Wildman–Crippen LogP) is 3.08. The highest BCUT2D eigenvalue weighted by Crippen LogP contribution is 2.31. The normalized spacial score (nSPS) is 12.2. The highest BCUT2D eigenvalue weighted by atomic mass is 32.2. The molecular formula is C12H17N3S2. The number of hydrogen-bond donors (Lipinski definition) is 1. The summed E-state index contributed by atoms with van der Waals surface area (Å²) < 4.78 is 0. The Morgan fingerprint density at radius 3 is 2.82 bits per heavy atom. The van der Waals surface area contributed by atoms with Gasteiger partial charge in [-0.05, 0) is 26.3 Å². The molecule has 2 rings (SSSR count). The number of nitrogens with two attached hydrogens (primary N) is 1. The number of thioether (sulfide) groups is 1. The van der Waals surface area contributed by atoms with Gasteiger partial charge in [-0.25, -0.2) is 9.97 Å². The fourth-order valence-electron chi connectivity index (χ4n) is 1.43. The summed E-state index contributed by atoms with van der Waals surface area (Å²) >= 11 is 3.46. The molecule has 0 spiro atoms. The molecule has 0 unspecified atom stereocenters. The van der Waals surface area contributed by atoms with E-state index in [1.807, 2.05) is 13.8 Å². The Morgan fingerprint density at radius 1 is 1.41 bits per heavy atom. The van der Waals surface area contributed by atoms with E-state index in [9.17, 15) is 0 Å². The quantitative estimate of drug-likeness (QED) is 0.683. The molecule has 2 aromatic rings. The monoisotopic (exact) mass is 267 g/mol. The van der Waals surface area contributed by atoms with E-state index in [0.717, 1.165) is 22.0 Å². The summed E-state index contributed by atoms with van der Waals surface area (Å²) in [5.41, 5.74) is 5.82. The second-order valence-corrected chi connectivity index (χ2v) is 6.82. The molecule has 5 heteroatoms. The van der Waals surface area contributed by atoms with Gasteiger partial charge in [0, 0.05) is 21.6 Å². The topological polar surface area (TPSA) is 51.8 Å². The van der Waals surface area contributed by atoms with Crippen molar-refractivity contribution >= 4 is 33.3 Å². The van der Waals surface area contributed by atoms with E-state index in [0.29, 0.717) is 0 Å². The highest BCUT2D eigenvalue weighted by molar-refractivity contribution is 7.99. The first-order valence-corrected chi connectivity index (χ1v) is 7.45. The fraction of sp³-hybridized carbons (Fsp3) is 0.500. The molecule has 0 aliphatic heterocycles. The third kappa shape index (κ3) is 3.18. The lowest BCUT2D eigenvalue weighted by molar-refractivity contribution is 0.591. The minimum atomic E-state index is -0.175. The first-order valence-electron chi connectivity index (χ1n) is 5.64. The zero-order valence-corrected chi connectivity index (χ0v) is 12.0. The smallest absolute Gasteiger partial charge is 0.128 e. The standard InChI is InChI=1S/C12H17N3S2/c1-4-8-5-9-10(16-6-12(2,3)13)14-7-15-11(9)17-8/h5,7H,4,6,13H2,1-3H3. The van der Waals surface area contributed by atoms with Crippen LogP contribution in [0.5, 0.6) is 0 Å². The molecule has 2 N–H and O–H groups in total. The molecule has 0 amide bonds. The number of thiophene rings is 1.